The Balaban J connectivity index is 1.73. The van der Waals surface area contributed by atoms with E-state index in [-0.39, 0.29) is 0 Å². The topological polar surface area (TPSA) is 25.8 Å². The van der Waals surface area contributed by atoms with Crippen molar-refractivity contribution in [1.82, 2.24) is 9.97 Å². The van der Waals surface area contributed by atoms with E-state index < -0.39 is 6.17 Å². The molecule has 3 heteroatoms. The number of unbranched alkanes of at least 4 members (excludes halogenated alkanes) is 1. The molecule has 2 nitrogen and oxygen atoms in total. The fraction of sp³-hybridized carbons (Fsp3) is 0.250. The van der Waals surface area contributed by atoms with Gasteiger partial charge in [-0.15, -0.1) is 6.58 Å². The predicted octanol–water partition coefficient (Wildman–Crippen LogP) is 6.57. The van der Waals surface area contributed by atoms with Gasteiger partial charge in [0.05, 0.1) is 6.17 Å². The lowest BCUT2D eigenvalue weighted by Gasteiger charge is -2.05. The van der Waals surface area contributed by atoms with Crippen molar-refractivity contribution in [3.05, 3.63) is 78.9 Å². The van der Waals surface area contributed by atoms with Crippen LogP contribution in [0.2, 0.25) is 0 Å². The smallest absolute Gasteiger partial charge is 0.131 e. The summed E-state index contributed by atoms with van der Waals surface area (Å²) >= 11 is 0. The average molecular weight is 360 g/mol. The summed E-state index contributed by atoms with van der Waals surface area (Å²) < 4.78 is 12.8. The summed E-state index contributed by atoms with van der Waals surface area (Å²) in [5.74, 6) is 0.784. The molecule has 2 aromatic carbocycles. The average Bonchev–Trinajstić information content (AvgIpc) is 2.68. The molecule has 0 fully saturated rings. The van der Waals surface area contributed by atoms with Crippen molar-refractivity contribution in [3.8, 4) is 11.1 Å². The van der Waals surface area contributed by atoms with Crippen LogP contribution in [-0.2, 0) is 6.42 Å². The molecule has 0 amide bonds. The number of rotatable bonds is 8. The minimum atomic E-state index is -0.711. The van der Waals surface area contributed by atoms with Gasteiger partial charge in [-0.2, -0.15) is 0 Å². The van der Waals surface area contributed by atoms with Gasteiger partial charge in [0, 0.05) is 24.4 Å². The van der Waals surface area contributed by atoms with E-state index in [0.29, 0.717) is 12.8 Å². The molecule has 1 unspecified atom stereocenters. The molecule has 0 aliphatic heterocycles. The highest BCUT2D eigenvalue weighted by Gasteiger charge is 2.02. The maximum absolute atomic E-state index is 12.8. The van der Waals surface area contributed by atoms with E-state index in [1.165, 1.54) is 16.3 Å². The maximum Gasteiger partial charge on any atom is 0.131 e. The fourth-order valence-corrected chi connectivity index (χ4v) is 3.02. The Labute approximate surface area is 160 Å². The normalized spacial score (nSPS) is 12.5. The van der Waals surface area contributed by atoms with Crippen molar-refractivity contribution in [1.29, 1.82) is 0 Å². The number of hydrogen-bond donors (Lipinski definition) is 0. The number of hydrogen-bond acceptors (Lipinski definition) is 2. The van der Waals surface area contributed by atoms with Gasteiger partial charge in [-0.3, -0.25) is 0 Å². The van der Waals surface area contributed by atoms with Crippen LogP contribution in [0.1, 0.15) is 37.6 Å². The summed E-state index contributed by atoms with van der Waals surface area (Å²) in [7, 11) is 0. The first-order chi connectivity index (χ1) is 13.2. The standard InChI is InChI=1S/C24H25FN2/c1-3-7-24-26-16-23(17-27-24)22-13-12-20-14-19(10-11-21(20)15-22)9-6-4-5-8-18(2)25/h3,6,9-18H,1,4-5,7-8H2,2H3. The quantitative estimate of drug-likeness (QED) is 0.335. The van der Waals surface area contributed by atoms with Gasteiger partial charge in [0.2, 0.25) is 0 Å². The minimum Gasteiger partial charge on any atom is -0.248 e. The molecule has 0 saturated heterocycles. The van der Waals surface area contributed by atoms with E-state index in [1.54, 1.807) is 13.0 Å². The van der Waals surface area contributed by atoms with Gasteiger partial charge in [0.15, 0.2) is 0 Å². The lowest BCUT2D eigenvalue weighted by Crippen LogP contribution is -1.92. The van der Waals surface area contributed by atoms with Crippen molar-refractivity contribution in [2.45, 2.75) is 38.8 Å². The first kappa shape index (κ1) is 19.0. The SMILES string of the molecule is C=CCc1ncc(-c2ccc3cc(C=CCCCC(C)F)ccc3c2)cn1. The van der Waals surface area contributed by atoms with E-state index in [4.69, 9.17) is 0 Å². The van der Waals surface area contributed by atoms with Gasteiger partial charge < -0.3 is 0 Å². The van der Waals surface area contributed by atoms with Crippen LogP contribution >= 0.6 is 0 Å². The lowest BCUT2D eigenvalue weighted by molar-refractivity contribution is 0.335. The zero-order valence-electron chi connectivity index (χ0n) is 15.7. The van der Waals surface area contributed by atoms with Gasteiger partial charge in [0.25, 0.3) is 0 Å². The van der Waals surface area contributed by atoms with Gasteiger partial charge in [-0.25, -0.2) is 14.4 Å². The van der Waals surface area contributed by atoms with E-state index in [0.717, 1.165) is 29.8 Å². The summed E-state index contributed by atoms with van der Waals surface area (Å²) in [5.41, 5.74) is 3.28. The Morgan fingerprint density at radius 1 is 1.04 bits per heavy atom. The van der Waals surface area contributed by atoms with Crippen LogP contribution in [0, 0.1) is 0 Å². The molecule has 0 spiro atoms. The number of benzene rings is 2. The molecule has 0 bridgehead atoms. The van der Waals surface area contributed by atoms with E-state index in [1.807, 2.05) is 12.4 Å². The number of allylic oxidation sites excluding steroid dienone is 2. The number of nitrogens with zero attached hydrogens (tertiary/aromatic N) is 2. The highest BCUT2D eigenvalue weighted by atomic mass is 19.1. The molecule has 1 heterocycles. The zero-order valence-corrected chi connectivity index (χ0v) is 15.7. The molecular formula is C24H25FN2. The lowest BCUT2D eigenvalue weighted by atomic mass is 10.0. The van der Waals surface area contributed by atoms with Crippen molar-refractivity contribution in [3.63, 3.8) is 0 Å². The molecule has 3 rings (SSSR count). The maximum atomic E-state index is 12.8. The molecule has 3 aromatic rings. The number of aromatic nitrogens is 2. The molecule has 0 saturated carbocycles. The van der Waals surface area contributed by atoms with Crippen LogP contribution in [0.25, 0.3) is 28.0 Å². The van der Waals surface area contributed by atoms with Crippen molar-refractivity contribution >= 4 is 16.8 Å². The van der Waals surface area contributed by atoms with Crippen molar-refractivity contribution in [2.75, 3.05) is 0 Å². The summed E-state index contributed by atoms with van der Waals surface area (Å²) in [4.78, 5) is 8.77. The van der Waals surface area contributed by atoms with E-state index in [9.17, 15) is 4.39 Å². The van der Waals surface area contributed by atoms with E-state index in [2.05, 4.69) is 65.1 Å². The molecule has 1 aromatic heterocycles. The Bertz CT molecular complexity index is 927. The Kier molecular flexibility index (Phi) is 6.48. The first-order valence-electron chi connectivity index (χ1n) is 9.42. The Hall–Kier alpha value is -2.81. The van der Waals surface area contributed by atoms with E-state index >= 15 is 0 Å². The third kappa shape index (κ3) is 5.33. The second-order valence-electron chi connectivity index (χ2n) is 6.82. The molecule has 0 N–H and O–H groups in total. The third-order valence-corrected chi connectivity index (χ3v) is 4.51. The molecule has 1 atom stereocenters. The summed E-state index contributed by atoms with van der Waals surface area (Å²) in [5, 5.41) is 2.38. The van der Waals surface area contributed by atoms with Crippen LogP contribution in [0.4, 0.5) is 4.39 Å². The largest absolute Gasteiger partial charge is 0.248 e. The summed E-state index contributed by atoms with van der Waals surface area (Å²) in [6, 6.07) is 12.8. The van der Waals surface area contributed by atoms with Gasteiger partial charge in [-0.1, -0.05) is 42.5 Å². The molecular weight excluding hydrogens is 335 g/mol. The van der Waals surface area contributed by atoms with Gasteiger partial charge in [0.1, 0.15) is 5.82 Å². The van der Waals surface area contributed by atoms with Gasteiger partial charge >= 0.3 is 0 Å². The van der Waals surface area contributed by atoms with Crippen LogP contribution in [0.5, 0.6) is 0 Å². The Morgan fingerprint density at radius 3 is 2.52 bits per heavy atom. The monoisotopic (exact) mass is 360 g/mol. The number of fused-ring (bicyclic) bond motifs is 1. The molecule has 0 radical (unpaired) electrons. The van der Waals surface area contributed by atoms with Crippen LogP contribution in [0.15, 0.2) is 67.5 Å². The second-order valence-corrected chi connectivity index (χ2v) is 6.82. The van der Waals surface area contributed by atoms with Crippen molar-refractivity contribution < 1.29 is 4.39 Å². The van der Waals surface area contributed by atoms with Crippen molar-refractivity contribution in [2.24, 2.45) is 0 Å². The molecule has 27 heavy (non-hydrogen) atoms. The Morgan fingerprint density at radius 2 is 1.78 bits per heavy atom. The highest BCUT2D eigenvalue weighted by molar-refractivity contribution is 5.88. The number of halogens is 1. The molecule has 138 valence electrons. The summed E-state index contributed by atoms with van der Waals surface area (Å²) in [6.07, 6.45) is 12.2. The van der Waals surface area contributed by atoms with Gasteiger partial charge in [-0.05, 0) is 60.2 Å². The number of alkyl halides is 1. The third-order valence-electron chi connectivity index (χ3n) is 4.51. The predicted molar refractivity (Wildman–Crippen MR) is 112 cm³/mol. The fourth-order valence-electron chi connectivity index (χ4n) is 3.02. The highest BCUT2D eigenvalue weighted by Crippen LogP contribution is 2.25. The van der Waals surface area contributed by atoms with Crippen LogP contribution < -0.4 is 0 Å². The second kappa shape index (κ2) is 9.22. The first-order valence-corrected chi connectivity index (χ1v) is 9.42. The van der Waals surface area contributed by atoms with Crippen LogP contribution in [0.3, 0.4) is 0 Å². The zero-order chi connectivity index (χ0) is 19.1. The minimum absolute atomic E-state index is 0.628. The van der Waals surface area contributed by atoms with Crippen LogP contribution in [-0.4, -0.2) is 16.1 Å². The molecule has 0 aliphatic carbocycles. The summed E-state index contributed by atoms with van der Waals surface area (Å²) in [6.45, 7) is 5.33. The molecule has 0 aliphatic rings.